The van der Waals surface area contributed by atoms with E-state index in [1.165, 1.54) is 12.8 Å². The number of rotatable bonds is 9. The molecule has 0 saturated carbocycles. The van der Waals surface area contributed by atoms with Crippen LogP contribution in [-0.4, -0.2) is 54.1 Å². The maximum absolute atomic E-state index is 12.1. The Morgan fingerprint density at radius 1 is 1.17 bits per heavy atom. The van der Waals surface area contributed by atoms with Gasteiger partial charge in [0.05, 0.1) is 18.4 Å². The smallest absolute Gasteiger partial charge is 0.250 e. The van der Waals surface area contributed by atoms with Crippen LogP contribution in [0.4, 0.5) is 0 Å². The van der Waals surface area contributed by atoms with Crippen molar-refractivity contribution in [2.24, 2.45) is 5.73 Å². The average molecular weight is 500 g/mol. The number of carbonyl (C=O) groups excluding carboxylic acids is 1. The van der Waals surface area contributed by atoms with Crippen LogP contribution >= 0.6 is 11.6 Å². The van der Waals surface area contributed by atoms with Crippen LogP contribution in [0.5, 0.6) is 5.75 Å². The first-order valence-corrected chi connectivity index (χ1v) is 13.2. The quantitative estimate of drug-likeness (QED) is 0.461. The van der Waals surface area contributed by atoms with Gasteiger partial charge in [-0.15, -0.1) is 0 Å². The van der Waals surface area contributed by atoms with Crippen LogP contribution in [0.1, 0.15) is 58.8 Å². The lowest BCUT2D eigenvalue weighted by Gasteiger charge is -2.39. The molecule has 0 aromatic heterocycles. The molecule has 0 aliphatic carbocycles. The molecular weight excluding hydrogens is 462 g/mol. The molecule has 1 aromatic carbocycles. The molecule has 6 nitrogen and oxygen atoms in total. The fourth-order valence-electron chi connectivity index (χ4n) is 5.91. The minimum atomic E-state index is -0.376. The molecule has 3 aliphatic rings. The van der Waals surface area contributed by atoms with E-state index in [1.54, 1.807) is 7.11 Å². The zero-order valence-corrected chi connectivity index (χ0v) is 21.9. The summed E-state index contributed by atoms with van der Waals surface area (Å²) in [6.45, 7) is 5.92. The highest BCUT2D eigenvalue weighted by Crippen LogP contribution is 2.38. The Bertz CT molecular complexity index is 981. The topological polar surface area (TPSA) is 68.0 Å². The molecule has 0 spiro atoms. The van der Waals surface area contributed by atoms with Crippen LogP contribution in [0.2, 0.25) is 5.02 Å². The van der Waals surface area contributed by atoms with E-state index in [4.69, 9.17) is 26.8 Å². The summed E-state index contributed by atoms with van der Waals surface area (Å²) in [4.78, 5) is 17.0. The first-order valence-electron chi connectivity index (χ1n) is 12.8. The number of methoxy groups -OCH3 is 1. The number of fused-ring (bicyclic) bond motifs is 2. The summed E-state index contributed by atoms with van der Waals surface area (Å²) in [5.74, 6) is 1.49. The molecule has 2 N–H and O–H groups in total. The van der Waals surface area contributed by atoms with E-state index in [0.29, 0.717) is 24.1 Å². The Morgan fingerprint density at radius 3 is 2.43 bits per heavy atom. The zero-order chi connectivity index (χ0) is 24.9. The van der Waals surface area contributed by atoms with Crippen molar-refractivity contribution in [2.45, 2.75) is 77.0 Å². The maximum atomic E-state index is 12.1. The molecule has 3 heterocycles. The van der Waals surface area contributed by atoms with E-state index in [1.807, 2.05) is 43.5 Å². The summed E-state index contributed by atoms with van der Waals surface area (Å²) in [5.41, 5.74) is 8.40. The van der Waals surface area contributed by atoms with Crippen LogP contribution in [0.15, 0.2) is 59.1 Å². The van der Waals surface area contributed by atoms with Crippen LogP contribution < -0.4 is 10.5 Å². The number of ether oxygens (including phenoxy) is 2. The molecule has 2 saturated heterocycles. The van der Waals surface area contributed by atoms with E-state index in [2.05, 4.69) is 16.7 Å². The largest absolute Gasteiger partial charge is 0.499 e. The van der Waals surface area contributed by atoms with Gasteiger partial charge in [-0.3, -0.25) is 9.69 Å². The molecule has 190 valence electrons. The summed E-state index contributed by atoms with van der Waals surface area (Å²) in [7, 11) is 1.72. The van der Waals surface area contributed by atoms with Crippen LogP contribution in [0.25, 0.3) is 0 Å². The Morgan fingerprint density at radius 2 is 1.86 bits per heavy atom. The van der Waals surface area contributed by atoms with Gasteiger partial charge in [-0.2, -0.15) is 0 Å². The first kappa shape index (κ1) is 25.6. The monoisotopic (exact) mass is 499 g/mol. The number of nitrogens with zero attached hydrogens (tertiary/aromatic N) is 2. The van der Waals surface area contributed by atoms with Gasteiger partial charge in [-0.1, -0.05) is 24.6 Å². The van der Waals surface area contributed by atoms with Gasteiger partial charge in [0.25, 0.3) is 0 Å². The number of allylic oxidation sites excluding steroid dienone is 3. The van der Waals surface area contributed by atoms with Gasteiger partial charge in [-0.05, 0) is 68.9 Å². The summed E-state index contributed by atoms with van der Waals surface area (Å²) in [5, 5.41) is 0.732. The third-order valence-electron chi connectivity index (χ3n) is 7.61. The number of primary amides is 1. The van der Waals surface area contributed by atoms with Gasteiger partial charge in [0.1, 0.15) is 17.6 Å². The summed E-state index contributed by atoms with van der Waals surface area (Å²) >= 11 is 6.01. The van der Waals surface area contributed by atoms with Gasteiger partial charge in [0.15, 0.2) is 0 Å². The molecule has 2 atom stereocenters. The second-order valence-electron chi connectivity index (χ2n) is 9.66. The van der Waals surface area contributed by atoms with Crippen molar-refractivity contribution in [1.82, 2.24) is 9.80 Å². The molecule has 3 aliphatic heterocycles. The molecule has 35 heavy (non-hydrogen) atoms. The molecule has 2 bridgehead atoms. The van der Waals surface area contributed by atoms with Gasteiger partial charge >= 0.3 is 0 Å². The first-order chi connectivity index (χ1) is 16.9. The molecule has 2 unspecified atom stereocenters. The Kier molecular flexibility index (Phi) is 8.45. The van der Waals surface area contributed by atoms with Crippen molar-refractivity contribution in [3.8, 4) is 5.75 Å². The van der Waals surface area contributed by atoms with Crippen molar-refractivity contribution in [1.29, 1.82) is 0 Å². The second-order valence-corrected chi connectivity index (χ2v) is 10.1. The van der Waals surface area contributed by atoms with Crippen LogP contribution in [0, 0.1) is 0 Å². The number of carbonyl (C=O) groups is 1. The van der Waals surface area contributed by atoms with Gasteiger partial charge in [0.2, 0.25) is 5.91 Å². The standard InChI is InChI=1S/C28H38ClN3O3/c1-4-19-15-26(27(5-2)34-3)31(18-25(19)28(30)33)13-6-14-32-21-9-10-22(32)17-24(16-21)35-23-11-7-20(29)8-12-23/h4,7-8,11-12,18,21-22,24H,5-6,9-10,13-17H2,1-3H3,(H2,30,33)/b19-4+,27-26-. The van der Waals surface area contributed by atoms with Crippen molar-refractivity contribution < 1.29 is 14.3 Å². The Hall–Kier alpha value is -2.44. The predicted molar refractivity (Wildman–Crippen MR) is 140 cm³/mol. The van der Waals surface area contributed by atoms with Gasteiger partial charge < -0.3 is 20.1 Å². The lowest BCUT2D eigenvalue weighted by molar-refractivity contribution is -0.114. The number of hydrogen-bond donors (Lipinski definition) is 1. The van der Waals surface area contributed by atoms with E-state index in [-0.39, 0.29) is 12.0 Å². The lowest BCUT2D eigenvalue weighted by Crippen LogP contribution is -2.47. The summed E-state index contributed by atoms with van der Waals surface area (Å²) in [6.07, 6.45) is 11.2. The minimum Gasteiger partial charge on any atom is -0.499 e. The molecule has 4 rings (SSSR count). The van der Waals surface area contributed by atoms with Crippen molar-refractivity contribution in [3.05, 3.63) is 64.2 Å². The third kappa shape index (κ3) is 5.87. The highest BCUT2D eigenvalue weighted by Gasteiger charge is 2.41. The zero-order valence-electron chi connectivity index (χ0n) is 21.1. The lowest BCUT2D eigenvalue weighted by atomic mass is 9.95. The number of halogens is 1. The number of benzene rings is 1. The Balaban J connectivity index is 1.38. The van der Waals surface area contributed by atoms with Crippen LogP contribution in [0.3, 0.4) is 0 Å². The van der Waals surface area contributed by atoms with E-state index in [9.17, 15) is 4.79 Å². The van der Waals surface area contributed by atoms with Crippen molar-refractivity contribution in [2.75, 3.05) is 20.2 Å². The van der Waals surface area contributed by atoms with E-state index < -0.39 is 0 Å². The molecule has 1 aromatic rings. The second kappa shape index (κ2) is 11.5. The predicted octanol–water partition coefficient (Wildman–Crippen LogP) is 5.39. The summed E-state index contributed by atoms with van der Waals surface area (Å²) < 4.78 is 12.0. The highest BCUT2D eigenvalue weighted by atomic mass is 35.5. The summed E-state index contributed by atoms with van der Waals surface area (Å²) in [6, 6.07) is 8.82. The van der Waals surface area contributed by atoms with E-state index >= 15 is 0 Å². The molecule has 0 radical (unpaired) electrons. The van der Waals surface area contributed by atoms with E-state index in [0.717, 1.165) is 66.6 Å². The van der Waals surface area contributed by atoms with Gasteiger partial charge in [-0.25, -0.2) is 0 Å². The SMILES string of the molecule is C/C=C1\C/C(=C(\CC)OC)N(CCCN2C3CCC2CC(Oc2ccc(Cl)cc2)C3)C=C1C(N)=O. The van der Waals surface area contributed by atoms with Crippen molar-refractivity contribution >= 4 is 17.5 Å². The van der Waals surface area contributed by atoms with Crippen LogP contribution in [-0.2, 0) is 9.53 Å². The maximum Gasteiger partial charge on any atom is 0.250 e. The average Bonchev–Trinajstić information content (AvgIpc) is 3.09. The number of hydrogen-bond acceptors (Lipinski definition) is 5. The third-order valence-corrected chi connectivity index (χ3v) is 7.86. The minimum absolute atomic E-state index is 0.260. The normalized spacial score (nSPS) is 27.1. The fourth-order valence-corrected chi connectivity index (χ4v) is 6.04. The van der Waals surface area contributed by atoms with Gasteiger partial charge in [0, 0.05) is 49.2 Å². The van der Waals surface area contributed by atoms with Crippen molar-refractivity contribution in [3.63, 3.8) is 0 Å². The molecule has 7 heteroatoms. The molecule has 1 amide bonds. The molecule has 2 fully saturated rings. The number of amides is 1. The fraction of sp³-hybridized carbons (Fsp3) is 0.536. The Labute approximate surface area is 214 Å². The number of nitrogens with two attached hydrogens (primary N) is 1. The number of piperidine rings is 1. The highest BCUT2D eigenvalue weighted by molar-refractivity contribution is 6.30. The molecular formula is C28H38ClN3O3.